The molecule has 0 rings (SSSR count). The molecule has 0 spiro atoms. The van der Waals surface area contributed by atoms with Gasteiger partial charge in [0.25, 0.3) is 0 Å². The Bertz CT molecular complexity index is 278. The third-order valence-electron chi connectivity index (χ3n) is 1.16. The Morgan fingerprint density at radius 3 is 1.71 bits per heavy atom. The lowest BCUT2D eigenvalue weighted by atomic mass is 10.2. The summed E-state index contributed by atoms with van der Waals surface area (Å²) < 4.78 is 83.0. The van der Waals surface area contributed by atoms with Crippen LogP contribution >= 0.6 is 0 Å². The van der Waals surface area contributed by atoms with E-state index in [-0.39, 0.29) is 0 Å². The van der Waals surface area contributed by atoms with Crippen molar-refractivity contribution in [2.24, 2.45) is 0 Å². The van der Waals surface area contributed by atoms with E-state index in [4.69, 9.17) is 0 Å². The van der Waals surface area contributed by atoms with Crippen LogP contribution in [-0.2, 0) is 14.3 Å². The second-order valence-electron chi connectivity index (χ2n) is 2.70. The molecule has 0 bridgehead atoms. The fourth-order valence-electron chi connectivity index (χ4n) is 0.392. The molecule has 0 fully saturated rings. The van der Waals surface area contributed by atoms with E-state index in [0.717, 1.165) is 0 Å². The molecular formula is C5H7F5O3S. The van der Waals surface area contributed by atoms with E-state index in [9.17, 15) is 30.4 Å². The fraction of sp³-hybridized carbons (Fsp3) is 1.00. The van der Waals surface area contributed by atoms with Crippen molar-refractivity contribution in [1.29, 1.82) is 0 Å². The fourth-order valence-corrected chi connectivity index (χ4v) is 1.11. The average molecular weight is 242 g/mol. The molecule has 86 valence electrons. The molecule has 0 aliphatic carbocycles. The maximum atomic E-state index is 12.0. The van der Waals surface area contributed by atoms with Crippen LogP contribution in [-0.4, -0.2) is 32.9 Å². The highest BCUT2D eigenvalue weighted by Crippen LogP contribution is 2.29. The van der Waals surface area contributed by atoms with Crippen LogP contribution in [0, 0.1) is 0 Å². The molecule has 0 N–H and O–H groups in total. The zero-order chi connectivity index (χ0) is 11.6. The Labute approximate surface area is 77.0 Å². The second kappa shape index (κ2) is 3.97. The van der Waals surface area contributed by atoms with Crippen molar-refractivity contribution in [3.05, 3.63) is 0 Å². The van der Waals surface area contributed by atoms with Gasteiger partial charge in [-0.3, -0.25) is 4.18 Å². The highest BCUT2D eigenvalue weighted by Gasteiger charge is 2.51. The summed E-state index contributed by atoms with van der Waals surface area (Å²) in [5.74, 6) is 0. The van der Waals surface area contributed by atoms with Gasteiger partial charge in [0.05, 0.1) is 0 Å². The molecular weight excluding hydrogens is 235 g/mol. The molecule has 0 heterocycles. The zero-order valence-electron chi connectivity index (χ0n) is 6.94. The lowest BCUT2D eigenvalue weighted by molar-refractivity contribution is -0.0681. The van der Waals surface area contributed by atoms with E-state index in [1.54, 1.807) is 0 Å². The topological polar surface area (TPSA) is 43.4 Å². The summed E-state index contributed by atoms with van der Waals surface area (Å²) in [4.78, 5) is 0. The van der Waals surface area contributed by atoms with Gasteiger partial charge in [-0.2, -0.15) is 21.6 Å². The maximum Gasteiger partial charge on any atom is 0.523 e. The molecule has 9 heteroatoms. The zero-order valence-corrected chi connectivity index (χ0v) is 7.75. The van der Waals surface area contributed by atoms with Gasteiger partial charge in [-0.15, -0.1) is 0 Å². The van der Waals surface area contributed by atoms with Crippen molar-refractivity contribution in [2.75, 3.05) is 13.3 Å². The summed E-state index contributed by atoms with van der Waals surface area (Å²) in [6, 6.07) is 0. The normalized spacial score (nSPS) is 14.4. The van der Waals surface area contributed by atoms with Crippen LogP contribution in [0.2, 0.25) is 0 Å². The molecule has 0 aromatic heterocycles. The van der Waals surface area contributed by atoms with E-state index in [0.29, 0.717) is 6.92 Å². The highest BCUT2D eigenvalue weighted by atomic mass is 32.2. The van der Waals surface area contributed by atoms with Crippen LogP contribution in [0.1, 0.15) is 6.92 Å². The van der Waals surface area contributed by atoms with Crippen molar-refractivity contribution in [3.8, 4) is 0 Å². The minimum atomic E-state index is -5.96. The summed E-state index contributed by atoms with van der Waals surface area (Å²) in [6.45, 7) is -2.78. The summed E-state index contributed by atoms with van der Waals surface area (Å²) in [5.41, 5.74) is -8.30. The smallest absolute Gasteiger partial charge is 0.251 e. The quantitative estimate of drug-likeness (QED) is 0.427. The maximum absolute atomic E-state index is 12.0. The van der Waals surface area contributed by atoms with Crippen LogP contribution in [0.4, 0.5) is 22.0 Å². The van der Waals surface area contributed by atoms with Crippen LogP contribution in [0.15, 0.2) is 0 Å². The number of halogens is 5. The van der Waals surface area contributed by atoms with Crippen molar-refractivity contribution >= 4 is 10.1 Å². The predicted molar refractivity (Wildman–Crippen MR) is 36.4 cm³/mol. The summed E-state index contributed by atoms with van der Waals surface area (Å²) in [5, 5.41) is 0. The lowest BCUT2D eigenvalue weighted by Gasteiger charge is -2.22. The Balaban J connectivity index is 4.85. The number of hydrogen-bond acceptors (Lipinski definition) is 3. The van der Waals surface area contributed by atoms with Crippen molar-refractivity contribution < 1.29 is 34.6 Å². The molecule has 0 radical (unpaired) electrons. The third kappa shape index (κ3) is 3.05. The first-order valence-electron chi connectivity index (χ1n) is 3.22. The molecule has 0 saturated carbocycles. The summed E-state index contributed by atoms with van der Waals surface area (Å²) >= 11 is 0. The Morgan fingerprint density at radius 2 is 1.50 bits per heavy atom. The average Bonchev–Trinajstić information content (AvgIpc) is 2.01. The molecule has 0 aromatic rings. The van der Waals surface area contributed by atoms with E-state index in [1.165, 1.54) is 0 Å². The van der Waals surface area contributed by atoms with Gasteiger partial charge in [-0.25, -0.2) is 8.78 Å². The number of alkyl halides is 5. The highest BCUT2D eigenvalue weighted by molar-refractivity contribution is 7.87. The molecule has 14 heavy (non-hydrogen) atoms. The van der Waals surface area contributed by atoms with Crippen molar-refractivity contribution in [2.45, 2.75) is 18.0 Å². The van der Waals surface area contributed by atoms with Crippen LogP contribution in [0.25, 0.3) is 0 Å². The molecule has 0 amide bonds. The van der Waals surface area contributed by atoms with Crippen LogP contribution in [0.5, 0.6) is 0 Å². The van der Waals surface area contributed by atoms with Gasteiger partial charge >= 0.3 is 15.6 Å². The Morgan fingerprint density at radius 1 is 1.14 bits per heavy atom. The van der Waals surface area contributed by atoms with Crippen molar-refractivity contribution in [3.63, 3.8) is 0 Å². The number of rotatable bonds is 4. The molecule has 0 saturated heterocycles. The predicted octanol–water partition coefficient (Wildman–Crippen LogP) is 1.55. The van der Waals surface area contributed by atoms with E-state index < -0.39 is 34.6 Å². The standard InChI is InChI=1S/C5H7F5O3S/c1-4(2-6,3-7)13-14(11,12)5(8,9)10/h2-3H2,1H3. The van der Waals surface area contributed by atoms with Crippen molar-refractivity contribution in [1.82, 2.24) is 0 Å². The third-order valence-corrected chi connectivity index (χ3v) is 2.35. The molecule has 0 aromatic carbocycles. The molecule has 0 aliphatic rings. The first kappa shape index (κ1) is 13.6. The molecule has 0 atom stereocenters. The Kier molecular flexibility index (Phi) is 3.85. The Hall–Kier alpha value is -0.440. The summed E-state index contributed by atoms with van der Waals surface area (Å²) in [6.07, 6.45) is 0. The van der Waals surface area contributed by atoms with Gasteiger partial charge in [-0.05, 0) is 6.92 Å². The lowest BCUT2D eigenvalue weighted by Crippen LogP contribution is -2.40. The minimum Gasteiger partial charge on any atom is -0.251 e. The van der Waals surface area contributed by atoms with E-state index >= 15 is 0 Å². The molecule has 0 unspecified atom stereocenters. The first-order chi connectivity index (χ1) is 6.08. The summed E-state index contributed by atoms with van der Waals surface area (Å²) in [7, 11) is -5.96. The van der Waals surface area contributed by atoms with Gasteiger partial charge < -0.3 is 0 Å². The molecule has 0 aliphatic heterocycles. The van der Waals surface area contributed by atoms with Gasteiger partial charge in [-0.1, -0.05) is 0 Å². The van der Waals surface area contributed by atoms with Gasteiger partial charge in [0.1, 0.15) is 19.0 Å². The van der Waals surface area contributed by atoms with Crippen LogP contribution in [0.3, 0.4) is 0 Å². The van der Waals surface area contributed by atoms with Gasteiger partial charge in [0, 0.05) is 0 Å². The second-order valence-corrected chi connectivity index (χ2v) is 4.24. The number of hydrogen-bond donors (Lipinski definition) is 0. The molecule has 3 nitrogen and oxygen atoms in total. The van der Waals surface area contributed by atoms with E-state index in [2.05, 4.69) is 4.18 Å². The van der Waals surface area contributed by atoms with Gasteiger partial charge in [0.2, 0.25) is 0 Å². The first-order valence-corrected chi connectivity index (χ1v) is 4.63. The SMILES string of the molecule is CC(CF)(CF)OS(=O)(=O)C(F)(F)F. The largest absolute Gasteiger partial charge is 0.523 e. The monoisotopic (exact) mass is 242 g/mol. The van der Waals surface area contributed by atoms with Crippen LogP contribution < -0.4 is 0 Å². The van der Waals surface area contributed by atoms with Gasteiger partial charge in [0.15, 0.2) is 0 Å². The minimum absolute atomic E-state index is 0.580. The van der Waals surface area contributed by atoms with E-state index in [1.807, 2.05) is 0 Å².